The molecule has 1 atom stereocenters. The minimum Gasteiger partial charge on any atom is -0.243 e. The van der Waals surface area contributed by atoms with E-state index >= 15 is 0 Å². The molecule has 0 saturated carbocycles. The van der Waals surface area contributed by atoms with Crippen LogP contribution in [0.2, 0.25) is 0 Å². The van der Waals surface area contributed by atoms with Gasteiger partial charge in [0, 0.05) is 11.1 Å². The molecule has 0 amide bonds. The Morgan fingerprint density at radius 1 is 1.45 bits per heavy atom. The van der Waals surface area contributed by atoms with E-state index in [2.05, 4.69) is 5.92 Å². The number of terminal acetylenes is 1. The average molecular weight is 148 g/mol. The normalized spacial score (nSPS) is 12.1. The summed E-state index contributed by atoms with van der Waals surface area (Å²) in [5.74, 6) is 2.44. The average Bonchev–Trinajstić information content (AvgIpc) is 2.04. The second-order valence-corrected chi connectivity index (χ2v) is 2.35. The molecule has 0 aliphatic heterocycles. The van der Waals surface area contributed by atoms with Crippen LogP contribution in [-0.4, -0.2) is 0 Å². The zero-order valence-electron chi connectivity index (χ0n) is 6.34. The molecule has 0 heterocycles. The lowest BCUT2D eigenvalue weighted by Crippen LogP contribution is -1.89. The molecular formula is C10H9F. The summed E-state index contributed by atoms with van der Waals surface area (Å²) in [7, 11) is 0. The highest BCUT2D eigenvalue weighted by atomic mass is 19.1. The fourth-order valence-electron chi connectivity index (χ4n) is 0.975. The van der Waals surface area contributed by atoms with Crippen LogP contribution >= 0.6 is 0 Å². The first-order valence-corrected chi connectivity index (χ1v) is 3.45. The molecule has 56 valence electrons. The van der Waals surface area contributed by atoms with Gasteiger partial charge in [0.2, 0.25) is 0 Å². The second-order valence-electron chi connectivity index (χ2n) is 2.35. The molecule has 0 radical (unpaired) electrons. The third kappa shape index (κ3) is 1.59. The molecule has 1 aromatic rings. The monoisotopic (exact) mass is 148 g/mol. The molecule has 0 bridgehead atoms. The van der Waals surface area contributed by atoms with E-state index in [9.17, 15) is 4.39 Å². The van der Waals surface area contributed by atoms with Crippen LogP contribution in [0.3, 0.4) is 0 Å². The Kier molecular flexibility index (Phi) is 2.28. The van der Waals surface area contributed by atoms with Crippen LogP contribution in [0, 0.1) is 12.3 Å². The molecular weight excluding hydrogens is 139 g/mol. The van der Waals surface area contributed by atoms with Crippen LogP contribution in [0.5, 0.6) is 0 Å². The number of hydrogen-bond donors (Lipinski definition) is 0. The van der Waals surface area contributed by atoms with Crippen LogP contribution in [0.4, 0.5) is 4.39 Å². The van der Waals surface area contributed by atoms with Crippen LogP contribution in [0.1, 0.15) is 24.2 Å². The molecule has 0 nitrogen and oxygen atoms in total. The second kappa shape index (κ2) is 3.21. The molecule has 1 heteroatoms. The van der Waals surface area contributed by atoms with E-state index in [1.165, 1.54) is 6.92 Å². The summed E-state index contributed by atoms with van der Waals surface area (Å²) < 4.78 is 12.8. The van der Waals surface area contributed by atoms with Crippen molar-refractivity contribution in [1.82, 2.24) is 0 Å². The van der Waals surface area contributed by atoms with Crippen LogP contribution in [0.25, 0.3) is 0 Å². The zero-order chi connectivity index (χ0) is 8.27. The van der Waals surface area contributed by atoms with Gasteiger partial charge in [-0.15, -0.1) is 6.42 Å². The smallest absolute Gasteiger partial charge is 0.124 e. The van der Waals surface area contributed by atoms with Gasteiger partial charge in [-0.1, -0.05) is 24.1 Å². The van der Waals surface area contributed by atoms with Crippen molar-refractivity contribution in [3.05, 3.63) is 35.4 Å². The summed E-state index contributed by atoms with van der Waals surface area (Å²) in [5.41, 5.74) is 1.23. The summed E-state index contributed by atoms with van der Waals surface area (Å²) in [4.78, 5) is 0. The maximum Gasteiger partial charge on any atom is 0.124 e. The van der Waals surface area contributed by atoms with E-state index in [4.69, 9.17) is 6.42 Å². The van der Waals surface area contributed by atoms with E-state index in [0.29, 0.717) is 11.1 Å². The summed E-state index contributed by atoms with van der Waals surface area (Å²) >= 11 is 0. The first-order valence-electron chi connectivity index (χ1n) is 3.45. The topological polar surface area (TPSA) is 0 Å². The number of hydrogen-bond acceptors (Lipinski definition) is 0. The van der Waals surface area contributed by atoms with Crippen molar-refractivity contribution in [2.75, 3.05) is 0 Å². The SMILES string of the molecule is C#Cc1ccccc1C(C)F. The molecule has 1 rings (SSSR count). The van der Waals surface area contributed by atoms with E-state index in [1.54, 1.807) is 24.3 Å². The predicted molar refractivity (Wildman–Crippen MR) is 43.9 cm³/mol. The molecule has 1 unspecified atom stereocenters. The zero-order valence-corrected chi connectivity index (χ0v) is 6.34. The molecule has 11 heavy (non-hydrogen) atoms. The highest BCUT2D eigenvalue weighted by molar-refractivity contribution is 5.40. The van der Waals surface area contributed by atoms with Gasteiger partial charge in [-0.25, -0.2) is 4.39 Å². The van der Waals surface area contributed by atoms with Gasteiger partial charge in [-0.2, -0.15) is 0 Å². The molecule has 0 fully saturated rings. The van der Waals surface area contributed by atoms with Crippen molar-refractivity contribution >= 4 is 0 Å². The lowest BCUT2D eigenvalue weighted by Gasteiger charge is -2.03. The Morgan fingerprint density at radius 2 is 2.09 bits per heavy atom. The molecule has 0 spiro atoms. The fraction of sp³-hybridized carbons (Fsp3) is 0.200. The Balaban J connectivity index is 3.15. The van der Waals surface area contributed by atoms with Crippen LogP contribution < -0.4 is 0 Å². The predicted octanol–water partition coefficient (Wildman–Crippen LogP) is 2.70. The Bertz CT molecular complexity index is 281. The van der Waals surface area contributed by atoms with Gasteiger partial charge in [-0.3, -0.25) is 0 Å². The van der Waals surface area contributed by atoms with Crippen molar-refractivity contribution in [2.45, 2.75) is 13.1 Å². The van der Waals surface area contributed by atoms with E-state index in [-0.39, 0.29) is 0 Å². The van der Waals surface area contributed by atoms with E-state index in [1.807, 2.05) is 0 Å². The fourth-order valence-corrected chi connectivity index (χ4v) is 0.975. The molecule has 0 aromatic heterocycles. The van der Waals surface area contributed by atoms with Crippen LogP contribution in [0.15, 0.2) is 24.3 Å². The maximum atomic E-state index is 12.8. The van der Waals surface area contributed by atoms with Gasteiger partial charge in [0.15, 0.2) is 0 Å². The minimum absolute atomic E-state index is 0.593. The summed E-state index contributed by atoms with van der Waals surface area (Å²) in [6.45, 7) is 1.48. The largest absolute Gasteiger partial charge is 0.243 e. The van der Waals surface area contributed by atoms with Crippen molar-refractivity contribution < 1.29 is 4.39 Å². The van der Waals surface area contributed by atoms with Gasteiger partial charge in [0.25, 0.3) is 0 Å². The number of alkyl halides is 1. The molecule has 0 saturated heterocycles. The van der Waals surface area contributed by atoms with E-state index in [0.717, 1.165) is 0 Å². The number of benzene rings is 1. The Labute approximate surface area is 66.1 Å². The standard InChI is InChI=1S/C10H9F/c1-3-9-6-4-5-7-10(9)8(2)11/h1,4-8H,2H3. The number of halogens is 1. The summed E-state index contributed by atoms with van der Waals surface area (Å²) in [5, 5.41) is 0. The quantitative estimate of drug-likeness (QED) is 0.537. The van der Waals surface area contributed by atoms with Crippen molar-refractivity contribution in [2.24, 2.45) is 0 Å². The Morgan fingerprint density at radius 3 is 2.55 bits per heavy atom. The van der Waals surface area contributed by atoms with E-state index < -0.39 is 6.17 Å². The molecule has 0 aliphatic rings. The highest BCUT2D eigenvalue weighted by Gasteiger charge is 2.05. The van der Waals surface area contributed by atoms with Gasteiger partial charge in [-0.05, 0) is 13.0 Å². The first kappa shape index (κ1) is 7.81. The highest BCUT2D eigenvalue weighted by Crippen LogP contribution is 2.19. The maximum absolute atomic E-state index is 12.8. The van der Waals surface area contributed by atoms with Crippen molar-refractivity contribution in [3.63, 3.8) is 0 Å². The molecule has 0 N–H and O–H groups in total. The van der Waals surface area contributed by atoms with Crippen molar-refractivity contribution in [3.8, 4) is 12.3 Å². The molecule has 0 aliphatic carbocycles. The summed E-state index contributed by atoms with van der Waals surface area (Å²) in [6, 6.07) is 7.04. The third-order valence-electron chi connectivity index (χ3n) is 1.54. The lowest BCUT2D eigenvalue weighted by atomic mass is 10.1. The van der Waals surface area contributed by atoms with Crippen molar-refractivity contribution in [1.29, 1.82) is 0 Å². The van der Waals surface area contributed by atoms with Gasteiger partial charge >= 0.3 is 0 Å². The van der Waals surface area contributed by atoms with Gasteiger partial charge in [0.1, 0.15) is 6.17 Å². The molecule has 1 aromatic carbocycles. The summed E-state index contributed by atoms with van der Waals surface area (Å²) in [6.07, 6.45) is 4.19. The van der Waals surface area contributed by atoms with Gasteiger partial charge in [0.05, 0.1) is 0 Å². The lowest BCUT2D eigenvalue weighted by molar-refractivity contribution is 0.373. The number of rotatable bonds is 1. The third-order valence-corrected chi connectivity index (χ3v) is 1.54. The van der Waals surface area contributed by atoms with Crippen LogP contribution in [-0.2, 0) is 0 Å². The first-order chi connectivity index (χ1) is 5.25. The van der Waals surface area contributed by atoms with Gasteiger partial charge < -0.3 is 0 Å². The minimum atomic E-state index is -0.984. The Hall–Kier alpha value is -1.29.